The zero-order valence-electron chi connectivity index (χ0n) is 7.32. The normalized spacial score (nSPS) is 9.79. The van der Waals surface area contributed by atoms with E-state index in [-0.39, 0.29) is 35.1 Å². The predicted octanol–water partition coefficient (Wildman–Crippen LogP) is 1.28. The molecule has 0 amide bonds. The van der Waals surface area contributed by atoms with Crippen LogP contribution in [-0.4, -0.2) is 45.6 Å². The smallest absolute Gasteiger partial charge is 0.392 e. The largest absolute Gasteiger partial charge is 0.474 e. The number of hydrogen-bond acceptors (Lipinski definition) is 3. The molecular weight excluding hydrogens is 200 g/mol. The Kier molecular flexibility index (Phi) is 3.25. The Morgan fingerprint density at radius 3 is 2.86 bits per heavy atom. The molecule has 0 spiro atoms. The number of hydrogen-bond donors (Lipinski definition) is 1. The van der Waals surface area contributed by atoms with E-state index in [1.54, 1.807) is 0 Å². The van der Waals surface area contributed by atoms with Gasteiger partial charge < -0.3 is 9.52 Å². The topological polar surface area (TPSA) is 63.3 Å². The SMILES string of the molecule is O=C(O)c1nc2ccc(F)cc2o1.[Na]. The first-order valence-corrected chi connectivity index (χ1v) is 3.46. The Hall–Kier alpha value is -0.910. The summed E-state index contributed by atoms with van der Waals surface area (Å²) < 4.78 is 17.4. The van der Waals surface area contributed by atoms with Crippen molar-refractivity contribution in [2.24, 2.45) is 0 Å². The van der Waals surface area contributed by atoms with Crippen LogP contribution in [0.3, 0.4) is 0 Å². The fraction of sp³-hybridized carbons (Fsp3) is 0. The van der Waals surface area contributed by atoms with E-state index in [9.17, 15) is 9.18 Å². The fourth-order valence-electron chi connectivity index (χ4n) is 0.990. The third-order valence-corrected chi connectivity index (χ3v) is 1.53. The molecule has 1 aromatic heterocycles. The van der Waals surface area contributed by atoms with Crippen molar-refractivity contribution in [3.8, 4) is 0 Å². The zero-order valence-corrected chi connectivity index (χ0v) is 9.32. The molecule has 1 heterocycles. The van der Waals surface area contributed by atoms with Crippen LogP contribution >= 0.6 is 0 Å². The third kappa shape index (κ3) is 1.95. The second kappa shape index (κ2) is 4.08. The average molecular weight is 204 g/mol. The van der Waals surface area contributed by atoms with Gasteiger partial charge in [0.1, 0.15) is 11.3 Å². The number of oxazole rings is 1. The first-order chi connectivity index (χ1) is 6.16. The van der Waals surface area contributed by atoms with E-state index in [4.69, 9.17) is 9.52 Å². The molecular formula is C8H4FNNaO3. The number of fused-ring (bicyclic) bond motifs is 1. The number of aromatic carboxylic acids is 1. The zero-order chi connectivity index (χ0) is 9.42. The molecule has 67 valence electrons. The summed E-state index contributed by atoms with van der Waals surface area (Å²) in [5, 5.41) is 8.51. The van der Waals surface area contributed by atoms with Gasteiger partial charge in [-0.1, -0.05) is 0 Å². The van der Waals surface area contributed by atoms with Gasteiger partial charge in [0.05, 0.1) is 0 Å². The van der Waals surface area contributed by atoms with Crippen LogP contribution < -0.4 is 0 Å². The van der Waals surface area contributed by atoms with Crippen LogP contribution in [0.5, 0.6) is 0 Å². The van der Waals surface area contributed by atoms with E-state index < -0.39 is 17.7 Å². The first kappa shape index (κ1) is 11.2. The van der Waals surface area contributed by atoms with Crippen molar-refractivity contribution in [2.45, 2.75) is 0 Å². The molecule has 2 aromatic rings. The molecule has 4 nitrogen and oxygen atoms in total. The van der Waals surface area contributed by atoms with Crippen LogP contribution in [0.25, 0.3) is 11.1 Å². The minimum absolute atomic E-state index is 0. The first-order valence-electron chi connectivity index (χ1n) is 3.46. The number of carbonyl (C=O) groups is 1. The molecule has 0 atom stereocenters. The quantitative estimate of drug-likeness (QED) is 0.710. The Morgan fingerprint density at radius 2 is 2.21 bits per heavy atom. The maximum atomic E-state index is 12.6. The Balaban J connectivity index is 0.000000980. The number of carboxylic acid groups (broad SMARTS) is 1. The van der Waals surface area contributed by atoms with Crippen molar-refractivity contribution in [3.05, 3.63) is 29.9 Å². The van der Waals surface area contributed by atoms with E-state index in [1.807, 2.05) is 0 Å². The van der Waals surface area contributed by atoms with Crippen LogP contribution in [0.4, 0.5) is 4.39 Å². The van der Waals surface area contributed by atoms with E-state index in [0.717, 1.165) is 6.07 Å². The minimum atomic E-state index is -1.27. The van der Waals surface area contributed by atoms with E-state index in [2.05, 4.69) is 4.98 Å². The average Bonchev–Trinajstić information content (AvgIpc) is 2.46. The van der Waals surface area contributed by atoms with Gasteiger partial charge in [0.2, 0.25) is 0 Å². The van der Waals surface area contributed by atoms with Gasteiger partial charge in [-0.2, -0.15) is 0 Å². The predicted molar refractivity (Wildman–Crippen MR) is 46.7 cm³/mol. The number of rotatable bonds is 1. The summed E-state index contributed by atoms with van der Waals surface area (Å²) in [5.74, 6) is -2.18. The molecule has 0 bridgehead atoms. The van der Waals surface area contributed by atoms with Crippen molar-refractivity contribution in [1.29, 1.82) is 0 Å². The molecule has 0 aliphatic carbocycles. The standard InChI is InChI=1S/C8H4FNO3.Na/c9-4-1-2-5-6(3-4)13-7(10-5)8(11)12;/h1-3H,(H,11,12);. The third-order valence-electron chi connectivity index (χ3n) is 1.53. The maximum absolute atomic E-state index is 12.6. The Bertz CT molecular complexity index is 482. The molecule has 0 aliphatic rings. The molecule has 1 N–H and O–H groups in total. The van der Waals surface area contributed by atoms with Crippen LogP contribution in [0.2, 0.25) is 0 Å². The Labute approximate surface area is 100 Å². The van der Waals surface area contributed by atoms with E-state index >= 15 is 0 Å². The second-order valence-electron chi connectivity index (χ2n) is 2.44. The van der Waals surface area contributed by atoms with Gasteiger partial charge in [0, 0.05) is 35.6 Å². The molecule has 2 rings (SSSR count). The minimum Gasteiger partial charge on any atom is -0.474 e. The van der Waals surface area contributed by atoms with Gasteiger partial charge in [0.25, 0.3) is 0 Å². The van der Waals surface area contributed by atoms with E-state index in [1.165, 1.54) is 12.1 Å². The molecule has 0 saturated heterocycles. The molecule has 0 saturated carbocycles. The Morgan fingerprint density at radius 1 is 1.50 bits per heavy atom. The summed E-state index contributed by atoms with van der Waals surface area (Å²) in [4.78, 5) is 14.0. The molecule has 0 aliphatic heterocycles. The van der Waals surface area contributed by atoms with Gasteiger partial charge >= 0.3 is 11.9 Å². The van der Waals surface area contributed by atoms with Gasteiger partial charge in [-0.05, 0) is 12.1 Å². The van der Waals surface area contributed by atoms with Gasteiger partial charge in [0.15, 0.2) is 5.58 Å². The molecule has 6 heteroatoms. The van der Waals surface area contributed by atoms with Gasteiger partial charge in [-0.25, -0.2) is 14.2 Å². The number of benzene rings is 1. The number of aromatic nitrogens is 1. The summed E-state index contributed by atoms with van der Waals surface area (Å²) in [6.07, 6.45) is 0. The number of halogens is 1. The second-order valence-corrected chi connectivity index (χ2v) is 2.44. The molecule has 0 unspecified atom stereocenters. The van der Waals surface area contributed by atoms with Gasteiger partial charge in [-0.15, -0.1) is 0 Å². The summed E-state index contributed by atoms with van der Waals surface area (Å²) in [5.41, 5.74) is 0.469. The maximum Gasteiger partial charge on any atom is 0.392 e. The van der Waals surface area contributed by atoms with Crippen molar-refractivity contribution in [3.63, 3.8) is 0 Å². The summed E-state index contributed by atoms with van der Waals surface area (Å²) in [7, 11) is 0. The molecule has 0 fully saturated rings. The van der Waals surface area contributed by atoms with Crippen LogP contribution in [-0.2, 0) is 0 Å². The van der Waals surface area contributed by atoms with E-state index in [0.29, 0.717) is 5.52 Å². The monoisotopic (exact) mass is 204 g/mol. The fourth-order valence-corrected chi connectivity index (χ4v) is 0.990. The van der Waals surface area contributed by atoms with Crippen LogP contribution in [0, 0.1) is 5.82 Å². The number of carboxylic acids is 1. The molecule has 14 heavy (non-hydrogen) atoms. The summed E-state index contributed by atoms with van der Waals surface area (Å²) in [6, 6.07) is 3.64. The van der Waals surface area contributed by atoms with Crippen molar-refractivity contribution < 1.29 is 18.7 Å². The molecule has 1 aromatic carbocycles. The summed E-state index contributed by atoms with van der Waals surface area (Å²) >= 11 is 0. The van der Waals surface area contributed by atoms with Crippen molar-refractivity contribution >= 4 is 46.6 Å². The van der Waals surface area contributed by atoms with Crippen molar-refractivity contribution in [2.75, 3.05) is 0 Å². The molecule has 1 radical (unpaired) electrons. The number of nitrogens with zero attached hydrogens (tertiary/aromatic N) is 1. The van der Waals surface area contributed by atoms with Gasteiger partial charge in [-0.3, -0.25) is 0 Å². The van der Waals surface area contributed by atoms with Crippen molar-refractivity contribution in [1.82, 2.24) is 4.98 Å². The summed E-state index contributed by atoms with van der Waals surface area (Å²) in [6.45, 7) is 0. The van der Waals surface area contributed by atoms with Crippen LogP contribution in [0.1, 0.15) is 10.7 Å². The van der Waals surface area contributed by atoms with Crippen LogP contribution in [0.15, 0.2) is 22.6 Å².